The Morgan fingerprint density at radius 3 is 1.67 bits per heavy atom. The zero-order valence-corrected chi connectivity index (χ0v) is 7.08. The van der Waals surface area contributed by atoms with Gasteiger partial charge in [-0.15, -0.1) is 0 Å². The van der Waals surface area contributed by atoms with Crippen LogP contribution in [0.3, 0.4) is 0 Å². The van der Waals surface area contributed by atoms with Gasteiger partial charge in [-0.1, -0.05) is 0 Å². The van der Waals surface area contributed by atoms with E-state index in [9.17, 15) is 9.59 Å². The summed E-state index contributed by atoms with van der Waals surface area (Å²) in [6, 6.07) is 0. The lowest BCUT2D eigenvalue weighted by Gasteiger charge is -1.92. The van der Waals surface area contributed by atoms with Crippen molar-refractivity contribution < 1.29 is 14.3 Å². The van der Waals surface area contributed by atoms with E-state index in [-0.39, 0.29) is 6.54 Å². The zero-order chi connectivity index (χ0) is 9.98. The van der Waals surface area contributed by atoms with E-state index in [1.54, 1.807) is 0 Å². The Hall–Kier alpha value is -0.980. The van der Waals surface area contributed by atoms with Crippen molar-refractivity contribution in [1.82, 2.24) is 0 Å². The Kier molecular flexibility index (Phi) is 11.4. The highest BCUT2D eigenvalue weighted by Crippen LogP contribution is 1.74. The standard InChI is InChI=1S/C4H7NO3.C2H8N2/c1-3(6)8-4(7)2-5;3-1-2-4/h2,5H2,1H3;1-4H2. The second kappa shape index (κ2) is 10.0. The van der Waals surface area contributed by atoms with Crippen molar-refractivity contribution in [3.8, 4) is 0 Å². The molecule has 0 amide bonds. The van der Waals surface area contributed by atoms with Crippen LogP contribution >= 0.6 is 0 Å². The van der Waals surface area contributed by atoms with E-state index < -0.39 is 11.9 Å². The molecule has 0 fully saturated rings. The molecule has 0 aromatic heterocycles. The molecule has 0 atom stereocenters. The summed E-state index contributed by atoms with van der Waals surface area (Å²) in [7, 11) is 0. The third-order valence-electron chi connectivity index (χ3n) is 0.591. The maximum absolute atomic E-state index is 10.1. The van der Waals surface area contributed by atoms with Gasteiger partial charge in [0.15, 0.2) is 0 Å². The Morgan fingerprint density at radius 2 is 1.58 bits per heavy atom. The van der Waals surface area contributed by atoms with Gasteiger partial charge in [0.1, 0.15) is 0 Å². The molecule has 0 radical (unpaired) electrons. The molecule has 0 bridgehead atoms. The molecular formula is C6H15N3O3. The van der Waals surface area contributed by atoms with Crippen molar-refractivity contribution >= 4 is 11.9 Å². The van der Waals surface area contributed by atoms with Crippen molar-refractivity contribution in [3.05, 3.63) is 0 Å². The summed E-state index contributed by atoms with van der Waals surface area (Å²) >= 11 is 0. The van der Waals surface area contributed by atoms with Gasteiger partial charge in [-0.3, -0.25) is 9.59 Å². The van der Waals surface area contributed by atoms with Crippen LogP contribution < -0.4 is 17.2 Å². The highest BCUT2D eigenvalue weighted by atomic mass is 16.6. The minimum Gasteiger partial charge on any atom is -0.392 e. The first-order chi connectivity index (χ1) is 5.58. The Balaban J connectivity index is 0. The Bertz CT molecular complexity index is 136. The second-order valence-corrected chi connectivity index (χ2v) is 1.75. The smallest absolute Gasteiger partial charge is 0.327 e. The fourth-order valence-corrected chi connectivity index (χ4v) is 0.202. The van der Waals surface area contributed by atoms with Gasteiger partial charge >= 0.3 is 11.9 Å². The fraction of sp³-hybridized carbons (Fsp3) is 0.667. The number of ether oxygens (including phenoxy) is 1. The molecule has 6 N–H and O–H groups in total. The molecule has 0 aromatic rings. The van der Waals surface area contributed by atoms with E-state index in [1.807, 2.05) is 0 Å². The molecule has 12 heavy (non-hydrogen) atoms. The summed E-state index contributed by atoms with van der Waals surface area (Å²) in [5.41, 5.74) is 14.6. The average Bonchev–Trinajstić information content (AvgIpc) is 2.04. The molecule has 0 unspecified atom stereocenters. The maximum Gasteiger partial charge on any atom is 0.327 e. The van der Waals surface area contributed by atoms with Crippen LogP contribution in [0.1, 0.15) is 6.92 Å². The molecule has 0 rings (SSSR count). The van der Waals surface area contributed by atoms with Crippen molar-refractivity contribution in [1.29, 1.82) is 0 Å². The van der Waals surface area contributed by atoms with E-state index in [2.05, 4.69) is 4.74 Å². The maximum atomic E-state index is 10.1. The fourth-order valence-electron chi connectivity index (χ4n) is 0.202. The molecule has 0 spiro atoms. The van der Waals surface area contributed by atoms with E-state index >= 15 is 0 Å². The number of nitrogens with two attached hydrogens (primary N) is 3. The van der Waals surface area contributed by atoms with E-state index in [0.717, 1.165) is 6.92 Å². The van der Waals surface area contributed by atoms with Gasteiger partial charge in [0.05, 0.1) is 6.54 Å². The molecule has 72 valence electrons. The molecular weight excluding hydrogens is 162 g/mol. The largest absolute Gasteiger partial charge is 0.392 e. The van der Waals surface area contributed by atoms with Crippen LogP contribution in [0.5, 0.6) is 0 Å². The van der Waals surface area contributed by atoms with E-state index in [0.29, 0.717) is 13.1 Å². The normalized spacial score (nSPS) is 8.00. The lowest BCUT2D eigenvalue weighted by atomic mass is 10.7. The number of carbonyl (C=O) groups excluding carboxylic acids is 2. The molecule has 0 aliphatic heterocycles. The molecule has 0 saturated heterocycles. The van der Waals surface area contributed by atoms with Gasteiger partial charge in [0, 0.05) is 20.0 Å². The first-order valence-corrected chi connectivity index (χ1v) is 3.39. The molecule has 6 nitrogen and oxygen atoms in total. The minimum atomic E-state index is -0.697. The summed E-state index contributed by atoms with van der Waals surface area (Å²) in [6.07, 6.45) is 0. The highest BCUT2D eigenvalue weighted by molar-refractivity contribution is 5.84. The summed E-state index contributed by atoms with van der Waals surface area (Å²) < 4.78 is 4.00. The topological polar surface area (TPSA) is 121 Å². The molecule has 0 heterocycles. The van der Waals surface area contributed by atoms with Gasteiger partial charge in [-0.25, -0.2) is 0 Å². The van der Waals surface area contributed by atoms with Crippen LogP contribution in [-0.4, -0.2) is 31.6 Å². The van der Waals surface area contributed by atoms with Crippen LogP contribution in [0.15, 0.2) is 0 Å². The predicted octanol–water partition coefficient (Wildman–Crippen LogP) is -2.06. The number of rotatable bonds is 2. The Morgan fingerprint density at radius 1 is 1.17 bits per heavy atom. The average molecular weight is 177 g/mol. The number of hydrogen-bond acceptors (Lipinski definition) is 6. The highest BCUT2D eigenvalue weighted by Gasteiger charge is 1.99. The third-order valence-corrected chi connectivity index (χ3v) is 0.591. The van der Waals surface area contributed by atoms with Crippen molar-refractivity contribution in [3.63, 3.8) is 0 Å². The summed E-state index contributed by atoms with van der Waals surface area (Å²) in [4.78, 5) is 20.0. The summed E-state index contributed by atoms with van der Waals surface area (Å²) in [6.45, 7) is 2.09. The molecule has 0 aliphatic rings. The van der Waals surface area contributed by atoms with Crippen LogP contribution in [0, 0.1) is 0 Å². The van der Waals surface area contributed by atoms with Gasteiger partial charge in [-0.05, 0) is 0 Å². The third kappa shape index (κ3) is 16.0. The van der Waals surface area contributed by atoms with Crippen molar-refractivity contribution in [2.75, 3.05) is 19.6 Å². The SMILES string of the molecule is CC(=O)OC(=O)CN.NCCN. The quantitative estimate of drug-likeness (QED) is 0.329. The summed E-state index contributed by atoms with van der Waals surface area (Å²) in [5, 5.41) is 0. The Labute approximate surface area is 71.0 Å². The van der Waals surface area contributed by atoms with Gasteiger partial charge in [0.2, 0.25) is 0 Å². The molecule has 6 heteroatoms. The lowest BCUT2D eigenvalue weighted by Crippen LogP contribution is -2.18. The van der Waals surface area contributed by atoms with E-state index in [4.69, 9.17) is 17.2 Å². The summed E-state index contributed by atoms with van der Waals surface area (Å²) in [5.74, 6) is -1.32. The van der Waals surface area contributed by atoms with Crippen LogP contribution in [0.4, 0.5) is 0 Å². The van der Waals surface area contributed by atoms with Gasteiger partial charge in [0.25, 0.3) is 0 Å². The second-order valence-electron chi connectivity index (χ2n) is 1.75. The monoisotopic (exact) mass is 177 g/mol. The first-order valence-electron chi connectivity index (χ1n) is 3.39. The predicted molar refractivity (Wildman–Crippen MR) is 43.9 cm³/mol. The van der Waals surface area contributed by atoms with Crippen LogP contribution in [0.25, 0.3) is 0 Å². The number of carbonyl (C=O) groups is 2. The number of esters is 2. The van der Waals surface area contributed by atoms with E-state index in [1.165, 1.54) is 0 Å². The lowest BCUT2D eigenvalue weighted by molar-refractivity contribution is -0.156. The zero-order valence-electron chi connectivity index (χ0n) is 7.08. The molecule has 0 aromatic carbocycles. The first kappa shape index (κ1) is 13.6. The van der Waals surface area contributed by atoms with Crippen LogP contribution in [0.2, 0.25) is 0 Å². The molecule has 0 saturated carbocycles. The molecule has 0 aliphatic carbocycles. The minimum absolute atomic E-state index is 0.250. The van der Waals surface area contributed by atoms with Gasteiger partial charge in [-0.2, -0.15) is 0 Å². The van der Waals surface area contributed by atoms with Crippen LogP contribution in [-0.2, 0) is 14.3 Å². The van der Waals surface area contributed by atoms with Crippen molar-refractivity contribution in [2.45, 2.75) is 6.92 Å². The van der Waals surface area contributed by atoms with Crippen molar-refractivity contribution in [2.24, 2.45) is 17.2 Å². The number of hydrogen-bond donors (Lipinski definition) is 3. The van der Waals surface area contributed by atoms with Gasteiger partial charge < -0.3 is 21.9 Å².